The maximum atomic E-state index is 13.0. The van der Waals surface area contributed by atoms with Crippen molar-refractivity contribution in [1.29, 1.82) is 0 Å². The monoisotopic (exact) mass is 514 g/mol. The first-order valence-electron chi connectivity index (χ1n) is 16.9. The summed E-state index contributed by atoms with van der Waals surface area (Å²) in [5, 5.41) is 0. The van der Waals surface area contributed by atoms with Crippen molar-refractivity contribution in [2.45, 2.75) is 163 Å². The second-order valence-electron chi connectivity index (χ2n) is 15.1. The van der Waals surface area contributed by atoms with Gasteiger partial charge < -0.3 is 4.74 Å². The maximum Gasteiger partial charge on any atom is 0.306 e. The molecule has 4 saturated carbocycles. The standard InChI is InChI=1S/C35H62O2/c1-7-8-9-10-11-18-33(36)37-32-17-13-16-27-19-20-28-30-22-21-29(26(4)15-12-14-25(2)3)34(30,5)24-23-31(28)35(27,32)6/h25-32H,7-24H2,1-6H3/t26-,27+,28+,29-,30-,31-,32?,34+,35-/m0/s1. The molecule has 4 fully saturated rings. The van der Waals surface area contributed by atoms with Gasteiger partial charge in [-0.15, -0.1) is 0 Å². The van der Waals surface area contributed by atoms with Gasteiger partial charge in [0.05, 0.1) is 0 Å². The summed E-state index contributed by atoms with van der Waals surface area (Å²) >= 11 is 0. The van der Waals surface area contributed by atoms with Crippen LogP contribution in [-0.4, -0.2) is 12.1 Å². The minimum Gasteiger partial charge on any atom is -0.462 e. The number of hydrogen-bond acceptors (Lipinski definition) is 2. The van der Waals surface area contributed by atoms with Crippen molar-refractivity contribution in [2.24, 2.45) is 52.3 Å². The molecule has 0 saturated heterocycles. The zero-order valence-corrected chi connectivity index (χ0v) is 25.7. The topological polar surface area (TPSA) is 26.3 Å². The summed E-state index contributed by atoms with van der Waals surface area (Å²) in [6.07, 6.45) is 23.3. The molecule has 9 atom stereocenters. The van der Waals surface area contributed by atoms with Gasteiger partial charge in [-0.2, -0.15) is 0 Å². The minimum absolute atomic E-state index is 0.0993. The molecule has 0 aromatic heterocycles. The predicted octanol–water partition coefficient (Wildman–Crippen LogP) is 10.4. The molecule has 2 heteroatoms. The normalized spacial score (nSPS) is 40.1. The van der Waals surface area contributed by atoms with Crippen LogP contribution in [0.3, 0.4) is 0 Å². The summed E-state index contributed by atoms with van der Waals surface area (Å²) in [5.41, 5.74) is 0.752. The third kappa shape index (κ3) is 6.14. The number of esters is 1. The van der Waals surface area contributed by atoms with E-state index in [4.69, 9.17) is 4.74 Å². The molecule has 0 aliphatic heterocycles. The van der Waals surface area contributed by atoms with Crippen molar-refractivity contribution in [3.05, 3.63) is 0 Å². The second kappa shape index (κ2) is 12.8. The summed E-state index contributed by atoms with van der Waals surface area (Å²) in [6.45, 7) is 14.9. The van der Waals surface area contributed by atoms with E-state index in [-0.39, 0.29) is 17.5 Å². The Kier molecular flexibility index (Phi) is 10.2. The lowest BCUT2D eigenvalue weighted by Gasteiger charge is -2.62. The van der Waals surface area contributed by atoms with E-state index in [1.165, 1.54) is 96.3 Å². The molecule has 37 heavy (non-hydrogen) atoms. The van der Waals surface area contributed by atoms with Crippen LogP contribution in [0.5, 0.6) is 0 Å². The van der Waals surface area contributed by atoms with E-state index in [0.717, 1.165) is 54.3 Å². The first kappa shape index (κ1) is 29.5. The molecule has 0 heterocycles. The SMILES string of the molecule is CCCCCCCC(=O)OC1CCC[C@@H]2CC[C@@H]3[C@@H]4CC[C@@H]([C@@H](C)CCCC(C)C)[C@@]4(C)CC[C@@H]3[C@@]12C. The van der Waals surface area contributed by atoms with Crippen molar-refractivity contribution < 1.29 is 9.53 Å². The van der Waals surface area contributed by atoms with Crippen molar-refractivity contribution in [1.82, 2.24) is 0 Å². The molecule has 4 aliphatic carbocycles. The number of unbranched alkanes of at least 4 members (excludes halogenated alkanes) is 4. The van der Waals surface area contributed by atoms with Crippen molar-refractivity contribution in [2.75, 3.05) is 0 Å². The summed E-state index contributed by atoms with van der Waals surface area (Å²) < 4.78 is 6.44. The van der Waals surface area contributed by atoms with Crippen LogP contribution in [0.25, 0.3) is 0 Å². The van der Waals surface area contributed by atoms with Crippen LogP contribution in [-0.2, 0) is 9.53 Å². The molecule has 0 radical (unpaired) electrons. The van der Waals surface area contributed by atoms with Crippen LogP contribution in [0.1, 0.15) is 157 Å². The number of rotatable bonds is 12. The Bertz CT molecular complexity index is 729. The van der Waals surface area contributed by atoms with E-state index < -0.39 is 0 Å². The molecule has 2 nitrogen and oxygen atoms in total. The molecule has 0 aromatic rings. The van der Waals surface area contributed by atoms with Gasteiger partial charge in [0, 0.05) is 11.8 Å². The second-order valence-corrected chi connectivity index (χ2v) is 15.1. The summed E-state index contributed by atoms with van der Waals surface area (Å²) in [7, 11) is 0. The first-order valence-corrected chi connectivity index (χ1v) is 16.9. The quantitative estimate of drug-likeness (QED) is 0.191. The van der Waals surface area contributed by atoms with E-state index in [1.807, 2.05) is 0 Å². The van der Waals surface area contributed by atoms with Gasteiger partial charge in [-0.25, -0.2) is 0 Å². The van der Waals surface area contributed by atoms with Gasteiger partial charge in [0.15, 0.2) is 0 Å². The van der Waals surface area contributed by atoms with E-state index in [1.54, 1.807) is 0 Å². The molecule has 1 unspecified atom stereocenters. The average molecular weight is 515 g/mol. The first-order chi connectivity index (χ1) is 17.7. The molecule has 0 bridgehead atoms. The van der Waals surface area contributed by atoms with Gasteiger partial charge in [0.25, 0.3) is 0 Å². The maximum absolute atomic E-state index is 13.0. The van der Waals surface area contributed by atoms with Crippen molar-refractivity contribution >= 4 is 5.97 Å². The Labute approximate surface area is 230 Å². The highest BCUT2D eigenvalue weighted by Crippen LogP contribution is 2.68. The molecule has 0 N–H and O–H groups in total. The highest BCUT2D eigenvalue weighted by Gasteiger charge is 2.62. The molecule has 4 rings (SSSR count). The Morgan fingerprint density at radius 2 is 1.62 bits per heavy atom. The fourth-order valence-electron chi connectivity index (χ4n) is 10.6. The molecule has 0 amide bonds. The Morgan fingerprint density at radius 1 is 0.838 bits per heavy atom. The van der Waals surface area contributed by atoms with Gasteiger partial charge >= 0.3 is 5.97 Å². The Balaban J connectivity index is 1.42. The molecular weight excluding hydrogens is 452 g/mol. The van der Waals surface area contributed by atoms with Gasteiger partial charge in [-0.05, 0) is 111 Å². The van der Waals surface area contributed by atoms with Gasteiger partial charge in [0.1, 0.15) is 6.10 Å². The number of hydrogen-bond donors (Lipinski definition) is 0. The van der Waals surface area contributed by atoms with Crippen LogP contribution in [0.15, 0.2) is 0 Å². The van der Waals surface area contributed by atoms with Gasteiger partial charge in [0.2, 0.25) is 0 Å². The van der Waals surface area contributed by atoms with E-state index >= 15 is 0 Å². The third-order valence-corrected chi connectivity index (χ3v) is 12.6. The minimum atomic E-state index is 0.0993. The number of ether oxygens (including phenoxy) is 1. The van der Waals surface area contributed by atoms with Crippen LogP contribution in [0.2, 0.25) is 0 Å². The molecule has 0 spiro atoms. The largest absolute Gasteiger partial charge is 0.462 e. The molecular formula is C35H62O2. The highest BCUT2D eigenvalue weighted by atomic mass is 16.5. The molecule has 0 aromatic carbocycles. The van der Waals surface area contributed by atoms with Gasteiger partial charge in [-0.1, -0.05) is 86.5 Å². The highest BCUT2D eigenvalue weighted by molar-refractivity contribution is 5.69. The smallest absolute Gasteiger partial charge is 0.306 e. The van der Waals surface area contributed by atoms with Crippen LogP contribution < -0.4 is 0 Å². The van der Waals surface area contributed by atoms with E-state index in [9.17, 15) is 4.79 Å². The third-order valence-electron chi connectivity index (χ3n) is 12.6. The van der Waals surface area contributed by atoms with Crippen molar-refractivity contribution in [3.8, 4) is 0 Å². The van der Waals surface area contributed by atoms with Crippen molar-refractivity contribution in [3.63, 3.8) is 0 Å². The summed E-state index contributed by atoms with van der Waals surface area (Å²) in [6, 6.07) is 0. The van der Waals surface area contributed by atoms with E-state index in [0.29, 0.717) is 11.8 Å². The average Bonchev–Trinajstić information content (AvgIpc) is 3.21. The zero-order valence-electron chi connectivity index (χ0n) is 25.7. The Morgan fingerprint density at radius 3 is 2.38 bits per heavy atom. The lowest BCUT2D eigenvalue weighted by molar-refractivity contribution is -0.192. The van der Waals surface area contributed by atoms with Crippen LogP contribution in [0, 0.1) is 52.3 Å². The Hall–Kier alpha value is -0.530. The fourth-order valence-corrected chi connectivity index (χ4v) is 10.6. The number of fused-ring (bicyclic) bond motifs is 5. The molecule has 4 aliphatic rings. The number of carbonyl (C=O) groups excluding carboxylic acids is 1. The lowest BCUT2D eigenvalue weighted by Crippen LogP contribution is -2.58. The van der Waals surface area contributed by atoms with Gasteiger partial charge in [-0.3, -0.25) is 4.79 Å². The van der Waals surface area contributed by atoms with Crippen LogP contribution in [0.4, 0.5) is 0 Å². The summed E-state index contributed by atoms with van der Waals surface area (Å²) in [4.78, 5) is 13.0. The number of carbonyl (C=O) groups is 1. The van der Waals surface area contributed by atoms with E-state index in [2.05, 4.69) is 41.5 Å². The lowest BCUT2D eigenvalue weighted by atomic mass is 9.44. The molecule has 214 valence electrons. The fraction of sp³-hybridized carbons (Fsp3) is 0.971. The van der Waals surface area contributed by atoms with Crippen LogP contribution >= 0.6 is 0 Å². The zero-order chi connectivity index (χ0) is 26.6. The predicted molar refractivity (Wildman–Crippen MR) is 156 cm³/mol. The summed E-state index contributed by atoms with van der Waals surface area (Å²) in [5.74, 6) is 6.02.